The molecule has 34 heavy (non-hydrogen) atoms. The first-order chi connectivity index (χ1) is 16.5. The third-order valence-electron chi connectivity index (χ3n) is 8.37. The summed E-state index contributed by atoms with van der Waals surface area (Å²) in [6.45, 7) is 0.577. The Bertz CT molecular complexity index is 968. The van der Waals surface area contributed by atoms with Crippen LogP contribution >= 0.6 is 0 Å². The molecule has 182 valence electrons. The van der Waals surface area contributed by atoms with Crippen LogP contribution in [-0.4, -0.2) is 30.8 Å². The Morgan fingerprint density at radius 1 is 1.00 bits per heavy atom. The maximum Gasteiger partial charge on any atom is 0.255 e. The monoisotopic (exact) mass is 463 g/mol. The zero-order chi connectivity index (χ0) is 23.5. The van der Waals surface area contributed by atoms with Gasteiger partial charge in [-0.15, -0.1) is 0 Å². The van der Waals surface area contributed by atoms with Gasteiger partial charge in [0, 0.05) is 12.1 Å². The van der Waals surface area contributed by atoms with Gasteiger partial charge < -0.3 is 19.9 Å². The molecule has 0 spiro atoms. The van der Waals surface area contributed by atoms with Crippen molar-refractivity contribution in [2.24, 2.45) is 23.2 Å². The van der Waals surface area contributed by atoms with Crippen LogP contribution in [-0.2, 0) is 6.54 Å². The Balaban J connectivity index is 1.14. The van der Waals surface area contributed by atoms with Gasteiger partial charge in [-0.05, 0) is 92.7 Å². The summed E-state index contributed by atoms with van der Waals surface area (Å²) in [7, 11) is 1.62. The van der Waals surface area contributed by atoms with E-state index in [1.165, 1.54) is 38.5 Å². The van der Waals surface area contributed by atoms with E-state index in [1.54, 1.807) is 19.2 Å². The molecule has 4 aliphatic rings. The Morgan fingerprint density at radius 3 is 2.29 bits per heavy atom. The van der Waals surface area contributed by atoms with Crippen molar-refractivity contribution in [2.45, 2.75) is 64.0 Å². The number of carbonyl (C=O) groups excluding carboxylic acids is 1. The molecule has 0 aromatic heterocycles. The van der Waals surface area contributed by atoms with Gasteiger partial charge in [0.2, 0.25) is 0 Å². The SMILES string of the molecule is COc1ccccc1CNC(=O)c1ccccc1OCC(O)CCC12CC3CC(CC(C3)C1)C2. The normalized spacial score (nSPS) is 27.9. The van der Waals surface area contributed by atoms with Crippen LogP contribution in [0, 0.1) is 23.2 Å². The van der Waals surface area contributed by atoms with Crippen molar-refractivity contribution in [3.8, 4) is 11.5 Å². The van der Waals surface area contributed by atoms with Gasteiger partial charge in [-0.1, -0.05) is 30.3 Å². The fourth-order valence-corrected chi connectivity index (χ4v) is 7.24. The molecule has 0 heterocycles. The van der Waals surface area contributed by atoms with E-state index in [-0.39, 0.29) is 12.5 Å². The zero-order valence-electron chi connectivity index (χ0n) is 20.2. The quantitative estimate of drug-likeness (QED) is 0.498. The number of rotatable bonds is 10. The minimum atomic E-state index is -0.516. The Kier molecular flexibility index (Phi) is 6.82. The largest absolute Gasteiger partial charge is 0.496 e. The van der Waals surface area contributed by atoms with E-state index in [1.807, 2.05) is 36.4 Å². The number of nitrogens with one attached hydrogen (secondary N) is 1. The maximum absolute atomic E-state index is 12.9. The summed E-state index contributed by atoms with van der Waals surface area (Å²) in [5.41, 5.74) is 1.86. The number of carbonyl (C=O) groups is 1. The Hall–Kier alpha value is -2.53. The highest BCUT2D eigenvalue weighted by atomic mass is 16.5. The van der Waals surface area contributed by atoms with Gasteiger partial charge >= 0.3 is 0 Å². The zero-order valence-corrected chi connectivity index (χ0v) is 20.2. The maximum atomic E-state index is 12.9. The van der Waals surface area contributed by atoms with Gasteiger partial charge in [0.05, 0.1) is 18.8 Å². The predicted octanol–water partition coefficient (Wildman–Crippen LogP) is 5.36. The van der Waals surface area contributed by atoms with Crippen molar-refractivity contribution in [3.63, 3.8) is 0 Å². The lowest BCUT2D eigenvalue weighted by atomic mass is 9.48. The highest BCUT2D eigenvalue weighted by molar-refractivity contribution is 5.96. The summed E-state index contributed by atoms with van der Waals surface area (Å²) in [6.07, 6.45) is 9.78. The Labute approximate surface area is 202 Å². The molecule has 6 rings (SSSR count). The van der Waals surface area contributed by atoms with Crippen LogP contribution < -0.4 is 14.8 Å². The number of para-hydroxylation sites is 2. The van der Waals surface area contributed by atoms with Crippen molar-refractivity contribution in [1.82, 2.24) is 5.32 Å². The summed E-state index contributed by atoms with van der Waals surface area (Å²) >= 11 is 0. The third-order valence-corrected chi connectivity index (χ3v) is 8.37. The molecule has 0 radical (unpaired) electrons. The average molecular weight is 464 g/mol. The van der Waals surface area contributed by atoms with Crippen LogP contribution in [0.25, 0.3) is 0 Å². The molecule has 5 heteroatoms. The second-order valence-electron chi connectivity index (χ2n) is 10.9. The average Bonchev–Trinajstić information content (AvgIpc) is 2.84. The van der Waals surface area contributed by atoms with Crippen molar-refractivity contribution >= 4 is 5.91 Å². The Morgan fingerprint density at radius 2 is 1.62 bits per heavy atom. The fourth-order valence-electron chi connectivity index (χ4n) is 7.24. The molecule has 5 nitrogen and oxygen atoms in total. The number of ether oxygens (including phenoxy) is 2. The van der Waals surface area contributed by atoms with Crippen LogP contribution in [0.2, 0.25) is 0 Å². The lowest BCUT2D eigenvalue weighted by Crippen LogP contribution is -2.46. The number of hydrogen-bond donors (Lipinski definition) is 2. The first-order valence-electron chi connectivity index (χ1n) is 12.8. The minimum Gasteiger partial charge on any atom is -0.496 e. The number of aliphatic hydroxyl groups excluding tert-OH is 1. The summed E-state index contributed by atoms with van der Waals surface area (Å²) in [5.74, 6) is 3.84. The second-order valence-corrected chi connectivity index (χ2v) is 10.9. The number of hydrogen-bond acceptors (Lipinski definition) is 4. The first-order valence-corrected chi connectivity index (χ1v) is 12.8. The summed E-state index contributed by atoms with van der Waals surface area (Å²) < 4.78 is 11.3. The third kappa shape index (κ3) is 5.10. The molecule has 0 aliphatic heterocycles. The molecule has 1 amide bonds. The van der Waals surface area contributed by atoms with E-state index in [4.69, 9.17) is 9.47 Å². The number of aliphatic hydroxyl groups is 1. The van der Waals surface area contributed by atoms with Crippen molar-refractivity contribution in [1.29, 1.82) is 0 Å². The highest BCUT2D eigenvalue weighted by Crippen LogP contribution is 2.61. The van der Waals surface area contributed by atoms with Gasteiger partial charge in [-0.25, -0.2) is 0 Å². The minimum absolute atomic E-state index is 0.204. The molecule has 4 fully saturated rings. The first kappa shape index (κ1) is 23.2. The van der Waals surface area contributed by atoms with E-state index in [9.17, 15) is 9.90 Å². The fraction of sp³-hybridized carbons (Fsp3) is 0.552. The molecule has 2 N–H and O–H groups in total. The highest BCUT2D eigenvalue weighted by Gasteiger charge is 2.50. The molecule has 4 aliphatic carbocycles. The number of methoxy groups -OCH3 is 1. The molecule has 1 unspecified atom stereocenters. The second kappa shape index (κ2) is 9.99. The molecule has 2 aromatic rings. The van der Waals surface area contributed by atoms with Crippen molar-refractivity contribution in [3.05, 3.63) is 59.7 Å². The summed E-state index contributed by atoms with van der Waals surface area (Å²) in [5, 5.41) is 13.7. The molecule has 4 bridgehead atoms. The van der Waals surface area contributed by atoms with Crippen LogP contribution in [0.1, 0.15) is 67.3 Å². The molecule has 2 aromatic carbocycles. The van der Waals surface area contributed by atoms with Gasteiger partial charge in [0.15, 0.2) is 0 Å². The predicted molar refractivity (Wildman–Crippen MR) is 132 cm³/mol. The van der Waals surface area contributed by atoms with E-state index >= 15 is 0 Å². The van der Waals surface area contributed by atoms with Gasteiger partial charge in [-0.2, -0.15) is 0 Å². The van der Waals surface area contributed by atoms with Crippen molar-refractivity contribution < 1.29 is 19.4 Å². The smallest absolute Gasteiger partial charge is 0.255 e. The molecule has 1 atom stereocenters. The van der Waals surface area contributed by atoms with Crippen LogP contribution in [0.4, 0.5) is 0 Å². The van der Waals surface area contributed by atoms with Crippen LogP contribution in [0.3, 0.4) is 0 Å². The van der Waals surface area contributed by atoms with Gasteiger partial charge in [0.1, 0.15) is 18.1 Å². The van der Waals surface area contributed by atoms with Crippen LogP contribution in [0.5, 0.6) is 11.5 Å². The summed E-state index contributed by atoms with van der Waals surface area (Å²) in [6, 6.07) is 14.9. The molecular formula is C29H37NO4. The molecule has 4 saturated carbocycles. The lowest BCUT2D eigenvalue weighted by molar-refractivity contribution is -0.0642. The topological polar surface area (TPSA) is 67.8 Å². The number of amides is 1. The molecule has 0 saturated heterocycles. The van der Waals surface area contributed by atoms with Crippen LogP contribution in [0.15, 0.2) is 48.5 Å². The number of benzene rings is 2. The van der Waals surface area contributed by atoms with E-state index in [0.29, 0.717) is 23.3 Å². The van der Waals surface area contributed by atoms with E-state index in [2.05, 4.69) is 5.32 Å². The summed E-state index contributed by atoms with van der Waals surface area (Å²) in [4.78, 5) is 12.9. The lowest BCUT2D eigenvalue weighted by Gasteiger charge is -2.57. The standard InChI is InChI=1S/C29H37NO4/c1-33-26-8-4-2-6-23(26)18-30-28(32)25-7-3-5-9-27(25)34-19-24(31)10-11-29-15-20-12-21(16-29)14-22(13-20)17-29/h2-9,20-22,24,31H,10-19H2,1H3,(H,30,32). The van der Waals surface area contributed by atoms with Gasteiger partial charge in [-0.3, -0.25) is 4.79 Å². The van der Waals surface area contributed by atoms with Gasteiger partial charge in [0.25, 0.3) is 5.91 Å². The van der Waals surface area contributed by atoms with E-state index < -0.39 is 6.10 Å². The van der Waals surface area contributed by atoms with Crippen molar-refractivity contribution in [2.75, 3.05) is 13.7 Å². The molecular weight excluding hydrogens is 426 g/mol. The van der Waals surface area contributed by atoms with E-state index in [0.717, 1.165) is 41.9 Å².